The van der Waals surface area contributed by atoms with Crippen LogP contribution in [0.1, 0.15) is 30.4 Å². The lowest BCUT2D eigenvalue weighted by molar-refractivity contribution is 0.144. The van der Waals surface area contributed by atoms with Gasteiger partial charge in [0.15, 0.2) is 0 Å². The molecule has 0 bridgehead atoms. The molecule has 0 spiro atoms. The normalized spacial score (nSPS) is 14.5. The highest BCUT2D eigenvalue weighted by Gasteiger charge is 2.12. The zero-order valence-electron chi connectivity index (χ0n) is 9.71. The second-order valence-electron chi connectivity index (χ2n) is 3.95. The quantitative estimate of drug-likeness (QED) is 0.828. The zero-order chi connectivity index (χ0) is 12.1. The van der Waals surface area contributed by atoms with E-state index < -0.39 is 6.10 Å². The fourth-order valence-corrected chi connectivity index (χ4v) is 1.62. The SMILES string of the molecule is C[C@H](NCC(O)c1ccco1)c1cccnc1. The fraction of sp³-hybridized carbons (Fsp3) is 0.308. The van der Waals surface area contributed by atoms with Crippen molar-refractivity contribution in [3.8, 4) is 0 Å². The van der Waals surface area contributed by atoms with Gasteiger partial charge in [0.2, 0.25) is 0 Å². The highest BCUT2D eigenvalue weighted by molar-refractivity contribution is 5.13. The van der Waals surface area contributed by atoms with E-state index in [0.717, 1.165) is 5.56 Å². The molecular weight excluding hydrogens is 216 g/mol. The lowest BCUT2D eigenvalue weighted by Gasteiger charge is -2.15. The van der Waals surface area contributed by atoms with Crippen molar-refractivity contribution in [1.82, 2.24) is 10.3 Å². The Balaban J connectivity index is 1.86. The molecular formula is C13H16N2O2. The Labute approximate surface area is 100 Å². The van der Waals surface area contributed by atoms with Crippen molar-refractivity contribution < 1.29 is 9.52 Å². The van der Waals surface area contributed by atoms with Gasteiger partial charge >= 0.3 is 0 Å². The Bertz CT molecular complexity index is 428. The molecule has 1 unspecified atom stereocenters. The van der Waals surface area contributed by atoms with E-state index in [9.17, 15) is 5.11 Å². The van der Waals surface area contributed by atoms with Gasteiger partial charge in [-0.15, -0.1) is 0 Å². The molecule has 4 heteroatoms. The van der Waals surface area contributed by atoms with Crippen LogP contribution in [0.25, 0.3) is 0 Å². The summed E-state index contributed by atoms with van der Waals surface area (Å²) in [6.07, 6.45) is 4.50. The van der Waals surface area contributed by atoms with Crippen LogP contribution in [0, 0.1) is 0 Å². The van der Waals surface area contributed by atoms with Crippen molar-refractivity contribution >= 4 is 0 Å². The summed E-state index contributed by atoms with van der Waals surface area (Å²) < 4.78 is 5.13. The molecule has 0 saturated carbocycles. The molecule has 0 fully saturated rings. The van der Waals surface area contributed by atoms with E-state index in [1.807, 2.05) is 25.3 Å². The van der Waals surface area contributed by atoms with Gasteiger partial charge in [-0.25, -0.2) is 0 Å². The van der Waals surface area contributed by atoms with Crippen LogP contribution in [0.15, 0.2) is 47.3 Å². The van der Waals surface area contributed by atoms with Gasteiger partial charge in [-0.3, -0.25) is 4.98 Å². The summed E-state index contributed by atoms with van der Waals surface area (Å²) in [5.41, 5.74) is 1.10. The summed E-state index contributed by atoms with van der Waals surface area (Å²) in [6.45, 7) is 2.48. The number of rotatable bonds is 5. The Kier molecular flexibility index (Phi) is 3.90. The number of aliphatic hydroxyl groups is 1. The molecule has 0 amide bonds. The molecule has 17 heavy (non-hydrogen) atoms. The van der Waals surface area contributed by atoms with E-state index in [4.69, 9.17) is 4.42 Å². The first-order valence-corrected chi connectivity index (χ1v) is 5.62. The van der Waals surface area contributed by atoms with Gasteiger partial charge < -0.3 is 14.8 Å². The number of pyridine rings is 1. The molecule has 2 rings (SSSR count). The number of furan rings is 1. The van der Waals surface area contributed by atoms with Crippen molar-refractivity contribution in [3.63, 3.8) is 0 Å². The molecule has 0 aliphatic heterocycles. The minimum atomic E-state index is -0.621. The predicted octanol–water partition coefficient (Wildman–Crippen LogP) is 2.06. The van der Waals surface area contributed by atoms with Crippen LogP contribution in [0.3, 0.4) is 0 Å². The molecule has 0 radical (unpaired) electrons. The second kappa shape index (κ2) is 5.61. The average Bonchev–Trinajstić information content (AvgIpc) is 2.90. The molecule has 0 aliphatic carbocycles. The minimum absolute atomic E-state index is 0.147. The highest BCUT2D eigenvalue weighted by Crippen LogP contribution is 2.15. The van der Waals surface area contributed by atoms with Crippen molar-refractivity contribution in [2.45, 2.75) is 19.1 Å². The van der Waals surface area contributed by atoms with Gasteiger partial charge in [-0.2, -0.15) is 0 Å². The van der Waals surface area contributed by atoms with E-state index >= 15 is 0 Å². The van der Waals surface area contributed by atoms with E-state index in [0.29, 0.717) is 12.3 Å². The molecule has 4 nitrogen and oxygen atoms in total. The number of aliphatic hydroxyl groups excluding tert-OH is 1. The molecule has 0 aliphatic rings. The third kappa shape index (κ3) is 3.15. The van der Waals surface area contributed by atoms with Gasteiger partial charge in [-0.05, 0) is 30.7 Å². The summed E-state index contributed by atoms with van der Waals surface area (Å²) in [6, 6.07) is 7.58. The number of aromatic nitrogens is 1. The summed E-state index contributed by atoms with van der Waals surface area (Å²) in [7, 11) is 0. The Hall–Kier alpha value is -1.65. The van der Waals surface area contributed by atoms with E-state index in [1.54, 1.807) is 24.6 Å². The van der Waals surface area contributed by atoms with Crippen molar-refractivity contribution in [3.05, 3.63) is 54.2 Å². The van der Waals surface area contributed by atoms with Crippen LogP contribution in [0.5, 0.6) is 0 Å². The maximum Gasteiger partial charge on any atom is 0.133 e. The van der Waals surface area contributed by atoms with E-state index in [1.165, 1.54) is 0 Å². The largest absolute Gasteiger partial charge is 0.467 e. The van der Waals surface area contributed by atoms with Crippen LogP contribution in [-0.4, -0.2) is 16.6 Å². The van der Waals surface area contributed by atoms with Gasteiger partial charge in [0, 0.05) is 25.0 Å². The maximum atomic E-state index is 9.83. The molecule has 2 aromatic heterocycles. The average molecular weight is 232 g/mol. The first kappa shape index (κ1) is 11.8. The molecule has 2 atom stereocenters. The topological polar surface area (TPSA) is 58.3 Å². The van der Waals surface area contributed by atoms with Crippen LogP contribution < -0.4 is 5.32 Å². The second-order valence-corrected chi connectivity index (χ2v) is 3.95. The third-order valence-electron chi connectivity index (χ3n) is 2.67. The lowest BCUT2D eigenvalue weighted by Crippen LogP contribution is -2.24. The van der Waals surface area contributed by atoms with Crippen molar-refractivity contribution in [1.29, 1.82) is 0 Å². The van der Waals surface area contributed by atoms with Crippen LogP contribution in [-0.2, 0) is 0 Å². The smallest absolute Gasteiger partial charge is 0.133 e. The third-order valence-corrected chi connectivity index (χ3v) is 2.67. The minimum Gasteiger partial charge on any atom is -0.467 e. The zero-order valence-corrected chi connectivity index (χ0v) is 9.71. The predicted molar refractivity (Wildman–Crippen MR) is 64.3 cm³/mol. The Morgan fingerprint density at radius 1 is 1.41 bits per heavy atom. The maximum absolute atomic E-state index is 9.83. The van der Waals surface area contributed by atoms with Gasteiger partial charge in [0.05, 0.1) is 6.26 Å². The summed E-state index contributed by atoms with van der Waals surface area (Å²) in [5, 5.41) is 13.1. The van der Waals surface area contributed by atoms with E-state index in [-0.39, 0.29) is 6.04 Å². The van der Waals surface area contributed by atoms with Crippen molar-refractivity contribution in [2.75, 3.05) is 6.54 Å². The van der Waals surface area contributed by atoms with E-state index in [2.05, 4.69) is 10.3 Å². The number of nitrogens with zero attached hydrogens (tertiary/aromatic N) is 1. The fourth-order valence-electron chi connectivity index (χ4n) is 1.62. The molecule has 0 aromatic carbocycles. The summed E-state index contributed by atoms with van der Waals surface area (Å²) >= 11 is 0. The molecule has 2 aromatic rings. The molecule has 2 N–H and O–H groups in total. The van der Waals surface area contributed by atoms with Crippen LogP contribution in [0.4, 0.5) is 0 Å². The number of nitrogens with one attached hydrogen (secondary N) is 1. The Morgan fingerprint density at radius 3 is 2.94 bits per heavy atom. The first-order valence-electron chi connectivity index (χ1n) is 5.62. The van der Waals surface area contributed by atoms with Gasteiger partial charge in [0.1, 0.15) is 11.9 Å². The molecule has 2 heterocycles. The monoisotopic (exact) mass is 232 g/mol. The number of hydrogen-bond acceptors (Lipinski definition) is 4. The molecule has 0 saturated heterocycles. The lowest BCUT2D eigenvalue weighted by atomic mass is 10.1. The van der Waals surface area contributed by atoms with Crippen LogP contribution in [0.2, 0.25) is 0 Å². The first-order chi connectivity index (χ1) is 8.27. The number of hydrogen-bond donors (Lipinski definition) is 2. The summed E-state index contributed by atoms with van der Waals surface area (Å²) in [4.78, 5) is 4.06. The van der Waals surface area contributed by atoms with Crippen LogP contribution >= 0.6 is 0 Å². The highest BCUT2D eigenvalue weighted by atomic mass is 16.4. The van der Waals surface area contributed by atoms with Gasteiger partial charge in [0.25, 0.3) is 0 Å². The summed E-state index contributed by atoms with van der Waals surface area (Å²) in [5.74, 6) is 0.580. The Morgan fingerprint density at radius 2 is 2.29 bits per heavy atom. The standard InChI is InChI=1S/C13H16N2O2/c1-10(11-4-2-6-14-8-11)15-9-12(16)13-5-3-7-17-13/h2-8,10,12,15-16H,9H2,1H3/t10-,12?/m0/s1. The van der Waals surface area contributed by atoms with Crippen molar-refractivity contribution in [2.24, 2.45) is 0 Å². The molecule has 90 valence electrons. The van der Waals surface area contributed by atoms with Gasteiger partial charge in [-0.1, -0.05) is 6.07 Å².